The molecule has 1 amide bonds. The zero-order valence-electron chi connectivity index (χ0n) is 12.4. The Hall–Kier alpha value is -1.39. The van der Waals surface area contributed by atoms with Crippen molar-refractivity contribution >= 4 is 11.6 Å². The van der Waals surface area contributed by atoms with Crippen LogP contribution in [-0.2, 0) is 11.3 Å². The van der Waals surface area contributed by atoms with Crippen LogP contribution in [0.2, 0.25) is 0 Å². The van der Waals surface area contributed by atoms with E-state index in [0.717, 1.165) is 43.5 Å². The Morgan fingerprint density at radius 2 is 1.90 bits per heavy atom. The van der Waals surface area contributed by atoms with Crippen molar-refractivity contribution in [1.29, 1.82) is 0 Å². The minimum absolute atomic E-state index is 0.113. The number of rotatable bonds is 4. The Morgan fingerprint density at radius 1 is 1.25 bits per heavy atom. The molecule has 0 bridgehead atoms. The van der Waals surface area contributed by atoms with Gasteiger partial charge in [-0.25, -0.2) is 0 Å². The Labute approximate surface area is 121 Å². The largest absolute Gasteiger partial charge is 0.328 e. The third-order valence-electron chi connectivity index (χ3n) is 3.90. The maximum Gasteiger partial charge on any atom is 0.227 e. The van der Waals surface area contributed by atoms with E-state index >= 15 is 0 Å². The summed E-state index contributed by atoms with van der Waals surface area (Å²) in [6.07, 6.45) is 3.72. The van der Waals surface area contributed by atoms with Crippen LogP contribution < -0.4 is 11.1 Å². The van der Waals surface area contributed by atoms with Crippen LogP contribution in [0, 0.1) is 5.92 Å². The second kappa shape index (κ2) is 6.86. The molecule has 0 aliphatic heterocycles. The number of hydrogen-bond donors (Lipinski definition) is 2. The predicted molar refractivity (Wildman–Crippen MR) is 82.4 cm³/mol. The normalized spacial score (nSPS) is 22.8. The third kappa shape index (κ3) is 4.05. The molecule has 4 nitrogen and oxygen atoms in total. The monoisotopic (exact) mass is 275 g/mol. The highest BCUT2D eigenvalue weighted by molar-refractivity contribution is 5.93. The molecule has 1 aliphatic carbocycles. The van der Waals surface area contributed by atoms with Crippen LogP contribution in [0.1, 0.15) is 31.2 Å². The molecule has 20 heavy (non-hydrogen) atoms. The summed E-state index contributed by atoms with van der Waals surface area (Å²) in [6.45, 7) is 0.825. The molecule has 1 aromatic rings. The summed E-state index contributed by atoms with van der Waals surface area (Å²) >= 11 is 0. The molecule has 0 unspecified atom stereocenters. The van der Waals surface area contributed by atoms with Crippen molar-refractivity contribution in [3.05, 3.63) is 29.8 Å². The van der Waals surface area contributed by atoms with Crippen molar-refractivity contribution < 1.29 is 4.79 Å². The molecule has 1 saturated carbocycles. The Kier molecular flexibility index (Phi) is 5.15. The number of carbonyl (C=O) groups excluding carboxylic acids is 1. The number of benzene rings is 1. The lowest BCUT2D eigenvalue weighted by atomic mass is 9.86. The van der Waals surface area contributed by atoms with Crippen molar-refractivity contribution in [2.75, 3.05) is 19.4 Å². The van der Waals surface area contributed by atoms with Crippen molar-refractivity contribution in [2.45, 2.75) is 38.3 Å². The van der Waals surface area contributed by atoms with E-state index in [1.807, 2.05) is 32.3 Å². The van der Waals surface area contributed by atoms with Crippen LogP contribution in [0.25, 0.3) is 0 Å². The molecule has 110 valence electrons. The zero-order chi connectivity index (χ0) is 14.5. The summed E-state index contributed by atoms with van der Waals surface area (Å²) in [5, 5.41) is 3.09. The highest BCUT2D eigenvalue weighted by Gasteiger charge is 2.24. The zero-order valence-corrected chi connectivity index (χ0v) is 12.4. The van der Waals surface area contributed by atoms with Crippen LogP contribution >= 0.6 is 0 Å². The first-order valence-corrected chi connectivity index (χ1v) is 7.35. The number of hydrogen-bond acceptors (Lipinski definition) is 3. The van der Waals surface area contributed by atoms with E-state index < -0.39 is 0 Å². The Balaban J connectivity index is 2.00. The molecule has 1 aliphatic rings. The van der Waals surface area contributed by atoms with Crippen molar-refractivity contribution in [3.63, 3.8) is 0 Å². The number of nitrogens with zero attached hydrogens (tertiary/aromatic N) is 1. The third-order valence-corrected chi connectivity index (χ3v) is 3.90. The molecule has 1 fully saturated rings. The van der Waals surface area contributed by atoms with Crippen LogP contribution in [0.5, 0.6) is 0 Å². The second-order valence-electron chi connectivity index (χ2n) is 6.00. The highest BCUT2D eigenvalue weighted by Crippen LogP contribution is 2.25. The molecule has 0 atom stereocenters. The molecule has 0 spiro atoms. The fourth-order valence-corrected chi connectivity index (χ4v) is 2.74. The van der Waals surface area contributed by atoms with Gasteiger partial charge in [0.05, 0.1) is 0 Å². The number of para-hydroxylation sites is 1. The number of amides is 1. The lowest BCUT2D eigenvalue weighted by Crippen LogP contribution is -2.32. The van der Waals surface area contributed by atoms with Crippen LogP contribution in [0.3, 0.4) is 0 Å². The van der Waals surface area contributed by atoms with E-state index in [-0.39, 0.29) is 17.9 Å². The second-order valence-corrected chi connectivity index (χ2v) is 6.00. The maximum atomic E-state index is 12.3. The van der Waals surface area contributed by atoms with E-state index in [1.165, 1.54) is 0 Å². The van der Waals surface area contributed by atoms with Crippen LogP contribution in [-0.4, -0.2) is 30.9 Å². The summed E-state index contributed by atoms with van der Waals surface area (Å²) in [4.78, 5) is 14.4. The van der Waals surface area contributed by atoms with Gasteiger partial charge in [-0.15, -0.1) is 0 Å². The summed E-state index contributed by atoms with van der Waals surface area (Å²) in [7, 11) is 4.06. The van der Waals surface area contributed by atoms with Crippen LogP contribution in [0.15, 0.2) is 24.3 Å². The first-order chi connectivity index (χ1) is 9.56. The standard InChI is InChI=1S/C16H25N3O/c1-19(2)11-13-5-3-4-6-15(13)18-16(20)12-7-9-14(17)10-8-12/h3-6,12,14H,7-11,17H2,1-2H3,(H,18,20). The van der Waals surface area contributed by atoms with Gasteiger partial charge in [0.15, 0.2) is 0 Å². The highest BCUT2D eigenvalue weighted by atomic mass is 16.1. The molecule has 3 N–H and O–H groups in total. The van der Waals surface area contributed by atoms with E-state index in [0.29, 0.717) is 0 Å². The van der Waals surface area contributed by atoms with Gasteiger partial charge in [0.1, 0.15) is 0 Å². The van der Waals surface area contributed by atoms with E-state index in [1.54, 1.807) is 0 Å². The lowest BCUT2D eigenvalue weighted by Gasteiger charge is -2.25. The first kappa shape index (κ1) is 15.0. The van der Waals surface area contributed by atoms with Gasteiger partial charge in [0.2, 0.25) is 5.91 Å². The topological polar surface area (TPSA) is 58.4 Å². The SMILES string of the molecule is CN(C)Cc1ccccc1NC(=O)C1CCC(N)CC1. The summed E-state index contributed by atoms with van der Waals surface area (Å²) in [5.74, 6) is 0.255. The van der Waals surface area contributed by atoms with Gasteiger partial charge in [-0.05, 0) is 51.4 Å². The average Bonchev–Trinajstić information content (AvgIpc) is 2.41. The van der Waals surface area contributed by atoms with Crippen molar-refractivity contribution in [3.8, 4) is 0 Å². The summed E-state index contributed by atoms with van der Waals surface area (Å²) in [5.41, 5.74) is 7.97. The molecule has 0 aromatic heterocycles. The van der Waals surface area contributed by atoms with Gasteiger partial charge < -0.3 is 16.0 Å². The number of nitrogens with two attached hydrogens (primary N) is 1. The van der Waals surface area contributed by atoms with Crippen molar-refractivity contribution in [2.24, 2.45) is 11.7 Å². The number of carbonyl (C=O) groups is 1. The molecule has 1 aromatic carbocycles. The molecule has 4 heteroatoms. The minimum Gasteiger partial charge on any atom is -0.328 e. The van der Waals surface area contributed by atoms with Gasteiger partial charge in [0.25, 0.3) is 0 Å². The summed E-state index contributed by atoms with van der Waals surface area (Å²) in [6, 6.07) is 8.29. The molecule has 0 radical (unpaired) electrons. The van der Waals surface area contributed by atoms with E-state index in [4.69, 9.17) is 5.73 Å². The molecule has 0 saturated heterocycles. The van der Waals surface area contributed by atoms with Gasteiger partial charge in [0, 0.05) is 24.2 Å². The molecular weight excluding hydrogens is 250 g/mol. The lowest BCUT2D eigenvalue weighted by molar-refractivity contribution is -0.120. The van der Waals surface area contributed by atoms with Gasteiger partial charge in [-0.3, -0.25) is 4.79 Å². The summed E-state index contributed by atoms with van der Waals surface area (Å²) < 4.78 is 0. The Bertz CT molecular complexity index is 451. The fraction of sp³-hybridized carbons (Fsp3) is 0.562. The smallest absolute Gasteiger partial charge is 0.227 e. The maximum absolute atomic E-state index is 12.3. The fourth-order valence-electron chi connectivity index (χ4n) is 2.74. The quantitative estimate of drug-likeness (QED) is 0.885. The molecule has 2 rings (SSSR count). The Morgan fingerprint density at radius 3 is 2.55 bits per heavy atom. The average molecular weight is 275 g/mol. The van der Waals surface area contributed by atoms with Crippen molar-refractivity contribution in [1.82, 2.24) is 4.90 Å². The number of nitrogens with one attached hydrogen (secondary N) is 1. The first-order valence-electron chi connectivity index (χ1n) is 7.35. The van der Waals surface area contributed by atoms with Crippen LogP contribution in [0.4, 0.5) is 5.69 Å². The van der Waals surface area contributed by atoms with Gasteiger partial charge in [-0.1, -0.05) is 18.2 Å². The molecule has 0 heterocycles. The van der Waals surface area contributed by atoms with E-state index in [9.17, 15) is 4.79 Å². The van der Waals surface area contributed by atoms with E-state index in [2.05, 4.69) is 16.3 Å². The van der Waals surface area contributed by atoms with Gasteiger partial charge in [-0.2, -0.15) is 0 Å². The number of anilines is 1. The van der Waals surface area contributed by atoms with Gasteiger partial charge >= 0.3 is 0 Å². The predicted octanol–water partition coefficient (Wildman–Crippen LogP) is 2.20. The minimum atomic E-state index is 0.113. The molecular formula is C16H25N3O.